The van der Waals surface area contributed by atoms with Crippen molar-refractivity contribution in [3.8, 4) is 5.75 Å². The Bertz CT molecular complexity index is 1660. The van der Waals surface area contributed by atoms with Crippen LogP contribution in [-0.2, 0) is 43.2 Å². The van der Waals surface area contributed by atoms with Crippen molar-refractivity contribution in [2.75, 3.05) is 52.3 Å². The molecule has 1 saturated carbocycles. The van der Waals surface area contributed by atoms with E-state index in [0.29, 0.717) is 60.5 Å². The Hall–Kier alpha value is -2.90. The molecule has 3 heterocycles. The summed E-state index contributed by atoms with van der Waals surface area (Å²) in [5.74, 6) is 0.137. The van der Waals surface area contributed by atoms with Gasteiger partial charge in [-0.25, -0.2) is 4.72 Å². The van der Waals surface area contributed by atoms with E-state index < -0.39 is 34.0 Å². The largest absolute Gasteiger partial charge is 0.487 e. The van der Waals surface area contributed by atoms with E-state index >= 15 is 0 Å². The van der Waals surface area contributed by atoms with E-state index in [0.717, 1.165) is 73.3 Å². The average Bonchev–Trinajstić information content (AvgIpc) is 3.08. The second-order valence-corrected chi connectivity index (χ2v) is 16.8. The van der Waals surface area contributed by atoms with Crippen LogP contribution in [0, 0.1) is 17.8 Å². The lowest BCUT2D eigenvalue weighted by molar-refractivity contribution is -0.148. The number of ether oxygens (including phenoxy) is 2. The van der Waals surface area contributed by atoms with Crippen molar-refractivity contribution in [1.82, 2.24) is 13.9 Å². The van der Waals surface area contributed by atoms with Crippen LogP contribution in [0.4, 0.5) is 5.69 Å². The standard InChI is InChI=1S/C36H49ClN4O7S/c1-39(2)49(45,46)38-35(43)36(44)21-34(42)40(3)16-13-24-14-17-47-33(18-24)30-11-8-26(30)22-41-15-5-4-6-25-19-29(37)10-7-27(25)23-48-32-12-9-28(36)20-31(32)41/h7,9-10,12,19-20,24,26,30,33,44H,4-6,8,11,13-18,21-23H2,1-3H3,(H,38,43)/t24-,26+,30-,33+,36-/m1/s1. The minimum atomic E-state index is -4.27. The highest BCUT2D eigenvalue weighted by Crippen LogP contribution is 2.45. The summed E-state index contributed by atoms with van der Waals surface area (Å²) in [4.78, 5) is 31.4. The molecule has 268 valence electrons. The van der Waals surface area contributed by atoms with Gasteiger partial charge in [-0.05, 0) is 110 Å². The molecular weight excluding hydrogens is 668 g/mol. The summed E-state index contributed by atoms with van der Waals surface area (Å²) in [7, 11) is -0.0373. The van der Waals surface area contributed by atoms with Crippen LogP contribution in [0.5, 0.6) is 5.75 Å². The molecule has 3 aliphatic heterocycles. The van der Waals surface area contributed by atoms with E-state index in [2.05, 4.69) is 4.90 Å². The molecule has 0 unspecified atom stereocenters. The van der Waals surface area contributed by atoms with Crippen molar-refractivity contribution in [1.29, 1.82) is 0 Å². The summed E-state index contributed by atoms with van der Waals surface area (Å²) in [6.45, 7) is 2.90. The first-order chi connectivity index (χ1) is 23.3. The molecule has 6 rings (SSSR count). The number of aliphatic hydroxyl groups is 1. The number of benzene rings is 2. The first-order valence-electron chi connectivity index (χ1n) is 17.5. The Morgan fingerprint density at radius 3 is 2.63 bits per heavy atom. The van der Waals surface area contributed by atoms with Crippen molar-refractivity contribution in [2.45, 2.75) is 76.1 Å². The van der Waals surface area contributed by atoms with Gasteiger partial charge in [0, 0.05) is 52.4 Å². The summed E-state index contributed by atoms with van der Waals surface area (Å²) in [5.41, 5.74) is 0.502. The Morgan fingerprint density at radius 1 is 1.06 bits per heavy atom. The molecule has 2 N–H and O–H groups in total. The molecule has 1 saturated heterocycles. The van der Waals surface area contributed by atoms with Crippen LogP contribution >= 0.6 is 11.6 Å². The minimum Gasteiger partial charge on any atom is -0.487 e. The molecule has 1 aliphatic carbocycles. The smallest absolute Gasteiger partial charge is 0.303 e. The van der Waals surface area contributed by atoms with Gasteiger partial charge in [0.05, 0.1) is 18.2 Å². The van der Waals surface area contributed by atoms with Gasteiger partial charge in [0.25, 0.3) is 5.91 Å². The van der Waals surface area contributed by atoms with E-state index in [9.17, 15) is 23.1 Å². The number of carbonyl (C=O) groups is 2. The van der Waals surface area contributed by atoms with Crippen LogP contribution in [0.2, 0.25) is 5.02 Å². The summed E-state index contributed by atoms with van der Waals surface area (Å²) >= 11 is 6.37. The molecule has 2 amide bonds. The second kappa shape index (κ2) is 14.8. The fourth-order valence-corrected chi connectivity index (χ4v) is 8.49. The fourth-order valence-electron chi connectivity index (χ4n) is 7.71. The highest BCUT2D eigenvalue weighted by atomic mass is 35.5. The highest BCUT2D eigenvalue weighted by molar-refractivity contribution is 7.87. The third kappa shape index (κ3) is 7.88. The van der Waals surface area contributed by atoms with Crippen molar-refractivity contribution >= 4 is 39.3 Å². The quantitative estimate of drug-likeness (QED) is 0.483. The highest BCUT2D eigenvalue weighted by Gasteiger charge is 2.45. The summed E-state index contributed by atoms with van der Waals surface area (Å²) in [6.07, 6.45) is 7.06. The SMILES string of the molecule is CN1CC[C@@H]2CCO[C@@H](C2)[C@@H]2CC[C@H]2CN2CCCCc3cc(Cl)ccc3COc3ccc(cc32)[C@@](O)(C(=O)NS(=O)(=O)N(C)C)CC1=O. The zero-order valence-electron chi connectivity index (χ0n) is 28.7. The lowest BCUT2D eigenvalue weighted by Crippen LogP contribution is -2.52. The van der Waals surface area contributed by atoms with Gasteiger partial charge in [-0.1, -0.05) is 23.7 Å². The molecule has 2 fully saturated rings. The first kappa shape index (κ1) is 35.9. The number of amides is 2. The number of aryl methyl sites for hydroxylation is 1. The molecule has 2 aromatic rings. The maximum atomic E-state index is 13.9. The van der Waals surface area contributed by atoms with Crippen molar-refractivity contribution < 1.29 is 32.6 Å². The number of fused-ring (bicyclic) bond motifs is 6. The number of carbonyl (C=O) groups excluding carboxylic acids is 2. The van der Waals surface area contributed by atoms with Gasteiger partial charge in [-0.15, -0.1) is 0 Å². The minimum absolute atomic E-state index is 0.118. The predicted octanol–water partition coefficient (Wildman–Crippen LogP) is 4.25. The van der Waals surface area contributed by atoms with Gasteiger partial charge < -0.3 is 24.4 Å². The average molecular weight is 717 g/mol. The van der Waals surface area contributed by atoms with E-state index in [4.69, 9.17) is 21.1 Å². The van der Waals surface area contributed by atoms with Gasteiger partial charge in [-0.2, -0.15) is 12.7 Å². The zero-order valence-corrected chi connectivity index (χ0v) is 30.3. The van der Waals surface area contributed by atoms with Crippen LogP contribution < -0.4 is 14.4 Å². The number of anilines is 1. The molecular formula is C36H49ClN4O7S. The van der Waals surface area contributed by atoms with E-state index in [1.165, 1.54) is 19.0 Å². The van der Waals surface area contributed by atoms with Crippen molar-refractivity contribution in [2.24, 2.45) is 17.8 Å². The Morgan fingerprint density at radius 2 is 1.88 bits per heavy atom. The van der Waals surface area contributed by atoms with Crippen LogP contribution in [-0.4, -0.2) is 88.0 Å². The van der Waals surface area contributed by atoms with Crippen LogP contribution in [0.15, 0.2) is 36.4 Å². The third-order valence-corrected chi connectivity index (χ3v) is 12.7. The van der Waals surface area contributed by atoms with Gasteiger partial charge in [0.1, 0.15) is 12.4 Å². The number of rotatable bonds is 3. The number of nitrogens with zero attached hydrogens (tertiary/aromatic N) is 3. The fraction of sp³-hybridized carbons (Fsp3) is 0.611. The third-order valence-electron chi connectivity index (χ3n) is 11.1. The second-order valence-electron chi connectivity index (χ2n) is 14.4. The van der Waals surface area contributed by atoms with Gasteiger partial charge in [-0.3, -0.25) is 9.59 Å². The van der Waals surface area contributed by atoms with Crippen molar-refractivity contribution in [3.05, 3.63) is 58.1 Å². The van der Waals surface area contributed by atoms with E-state index in [1.807, 2.05) is 22.9 Å². The lowest BCUT2D eigenvalue weighted by atomic mass is 9.67. The molecule has 4 bridgehead atoms. The number of hydrogen-bond donors (Lipinski definition) is 2. The summed E-state index contributed by atoms with van der Waals surface area (Å²) in [6, 6.07) is 10.8. The molecule has 0 spiro atoms. The molecule has 0 aromatic heterocycles. The molecule has 5 atom stereocenters. The maximum absolute atomic E-state index is 13.9. The zero-order chi connectivity index (χ0) is 34.9. The van der Waals surface area contributed by atoms with Crippen LogP contribution in [0.1, 0.15) is 68.1 Å². The molecule has 11 nitrogen and oxygen atoms in total. The Labute approximate surface area is 295 Å². The lowest BCUT2D eigenvalue weighted by Gasteiger charge is -2.47. The van der Waals surface area contributed by atoms with Crippen molar-refractivity contribution in [3.63, 3.8) is 0 Å². The Kier molecular flexibility index (Phi) is 10.8. The summed E-state index contributed by atoms with van der Waals surface area (Å²) < 4.78 is 41.4. The number of nitrogens with one attached hydrogen (secondary N) is 1. The van der Waals surface area contributed by atoms with E-state index in [-0.39, 0.29) is 11.7 Å². The maximum Gasteiger partial charge on any atom is 0.303 e. The van der Waals surface area contributed by atoms with Crippen LogP contribution in [0.3, 0.4) is 0 Å². The topological polar surface area (TPSA) is 129 Å². The number of hydrogen-bond acceptors (Lipinski definition) is 8. The molecule has 49 heavy (non-hydrogen) atoms. The van der Waals surface area contributed by atoms with Gasteiger partial charge in [0.15, 0.2) is 5.60 Å². The van der Waals surface area contributed by atoms with Crippen LogP contribution in [0.25, 0.3) is 0 Å². The normalized spacial score (nSPS) is 28.3. The molecule has 0 radical (unpaired) electrons. The molecule has 2 aromatic carbocycles. The summed E-state index contributed by atoms with van der Waals surface area (Å²) in [5, 5.41) is 12.9. The van der Waals surface area contributed by atoms with Gasteiger partial charge >= 0.3 is 10.2 Å². The van der Waals surface area contributed by atoms with Gasteiger partial charge in [0.2, 0.25) is 5.91 Å². The molecule has 13 heteroatoms. The van der Waals surface area contributed by atoms with E-state index in [1.54, 1.807) is 25.2 Å². The number of halogens is 1. The monoisotopic (exact) mass is 716 g/mol. The predicted molar refractivity (Wildman–Crippen MR) is 188 cm³/mol. The molecule has 4 aliphatic rings. The Balaban J connectivity index is 1.45. The first-order valence-corrected chi connectivity index (χ1v) is 19.3.